The predicted molar refractivity (Wildman–Crippen MR) is 109 cm³/mol. The molecule has 0 atom stereocenters. The van der Waals surface area contributed by atoms with Crippen LogP contribution in [0.2, 0.25) is 0 Å². The SMILES string of the molecule is C/C=C(C)/C=C(\C=N)NC(=O)C(=O)N(CC)CC(C)C.C=CC.CC. The number of carbonyl (C=O) groups excluding carboxylic acids is 2. The van der Waals surface area contributed by atoms with Gasteiger partial charge in [-0.2, -0.15) is 0 Å². The van der Waals surface area contributed by atoms with Crippen molar-refractivity contribution in [2.75, 3.05) is 13.1 Å². The van der Waals surface area contributed by atoms with E-state index in [1.807, 2.05) is 61.5 Å². The maximum absolute atomic E-state index is 12.0. The number of hydrogen-bond acceptors (Lipinski definition) is 3. The van der Waals surface area contributed by atoms with Crippen LogP contribution < -0.4 is 5.32 Å². The third-order valence-corrected chi connectivity index (χ3v) is 2.70. The van der Waals surface area contributed by atoms with Crippen LogP contribution in [0.4, 0.5) is 0 Å². The van der Waals surface area contributed by atoms with E-state index in [0.717, 1.165) is 11.8 Å². The molecule has 5 nitrogen and oxygen atoms in total. The van der Waals surface area contributed by atoms with E-state index >= 15 is 0 Å². The Labute approximate surface area is 154 Å². The Kier molecular flexibility index (Phi) is 20.1. The van der Waals surface area contributed by atoms with Gasteiger partial charge in [0.1, 0.15) is 0 Å². The molecule has 2 amide bonds. The van der Waals surface area contributed by atoms with Crippen molar-refractivity contribution in [2.45, 2.75) is 55.4 Å². The Bertz CT molecular complexity index is 464. The second kappa shape index (κ2) is 18.2. The molecule has 0 heterocycles. The Morgan fingerprint density at radius 3 is 2.04 bits per heavy atom. The highest BCUT2D eigenvalue weighted by Gasteiger charge is 2.21. The van der Waals surface area contributed by atoms with Crippen LogP contribution in [0.5, 0.6) is 0 Å². The first-order valence-electron chi connectivity index (χ1n) is 8.79. The summed E-state index contributed by atoms with van der Waals surface area (Å²) in [6.45, 7) is 19.8. The van der Waals surface area contributed by atoms with Crippen LogP contribution in [0.3, 0.4) is 0 Å². The molecule has 0 bridgehead atoms. The Hall–Kier alpha value is -2.17. The number of allylic oxidation sites excluding steroid dienone is 5. The average Bonchev–Trinajstić information content (AvgIpc) is 2.60. The molecule has 0 spiro atoms. The summed E-state index contributed by atoms with van der Waals surface area (Å²) in [6.07, 6.45) is 6.28. The van der Waals surface area contributed by atoms with Gasteiger partial charge in [0.2, 0.25) is 0 Å². The maximum Gasteiger partial charge on any atom is 0.313 e. The monoisotopic (exact) mass is 351 g/mol. The fourth-order valence-electron chi connectivity index (χ4n) is 1.57. The number of likely N-dealkylation sites (N-methyl/N-ethyl adjacent to an activating group) is 1. The van der Waals surface area contributed by atoms with E-state index in [2.05, 4.69) is 11.9 Å². The molecule has 0 unspecified atom stereocenters. The van der Waals surface area contributed by atoms with Crippen LogP contribution in [0.15, 0.2) is 36.1 Å². The first-order valence-corrected chi connectivity index (χ1v) is 8.79. The second-order valence-electron chi connectivity index (χ2n) is 5.38. The highest BCUT2D eigenvalue weighted by atomic mass is 16.2. The van der Waals surface area contributed by atoms with E-state index in [-0.39, 0.29) is 0 Å². The van der Waals surface area contributed by atoms with Crippen LogP contribution in [-0.2, 0) is 9.59 Å². The summed E-state index contributed by atoms with van der Waals surface area (Å²) < 4.78 is 0. The number of carbonyl (C=O) groups is 2. The molecule has 0 rings (SSSR count). The van der Waals surface area contributed by atoms with E-state index in [1.54, 1.807) is 12.2 Å². The van der Waals surface area contributed by atoms with Gasteiger partial charge in [-0.05, 0) is 39.7 Å². The van der Waals surface area contributed by atoms with Crippen molar-refractivity contribution >= 4 is 18.0 Å². The zero-order valence-corrected chi connectivity index (χ0v) is 17.3. The second-order valence-corrected chi connectivity index (χ2v) is 5.38. The van der Waals surface area contributed by atoms with E-state index in [9.17, 15) is 9.59 Å². The zero-order chi connectivity index (χ0) is 20.4. The molecule has 144 valence electrons. The van der Waals surface area contributed by atoms with Crippen molar-refractivity contribution in [3.8, 4) is 0 Å². The van der Waals surface area contributed by atoms with Crippen molar-refractivity contribution in [2.24, 2.45) is 5.92 Å². The lowest BCUT2D eigenvalue weighted by atomic mass is 10.2. The topological polar surface area (TPSA) is 73.3 Å². The van der Waals surface area contributed by atoms with Gasteiger partial charge >= 0.3 is 11.8 Å². The van der Waals surface area contributed by atoms with E-state index in [1.165, 1.54) is 4.90 Å². The largest absolute Gasteiger partial charge is 0.334 e. The van der Waals surface area contributed by atoms with Gasteiger partial charge in [-0.1, -0.05) is 45.4 Å². The van der Waals surface area contributed by atoms with Crippen LogP contribution in [0.25, 0.3) is 0 Å². The predicted octanol–water partition coefficient (Wildman–Crippen LogP) is 4.33. The highest BCUT2D eigenvalue weighted by molar-refractivity contribution is 6.35. The van der Waals surface area contributed by atoms with Crippen molar-refractivity contribution < 1.29 is 9.59 Å². The Balaban J connectivity index is -0.000000866. The lowest BCUT2D eigenvalue weighted by Crippen LogP contribution is -2.44. The van der Waals surface area contributed by atoms with Gasteiger partial charge in [0.25, 0.3) is 0 Å². The lowest BCUT2D eigenvalue weighted by Gasteiger charge is -2.22. The first-order chi connectivity index (χ1) is 11.8. The summed E-state index contributed by atoms with van der Waals surface area (Å²) in [7, 11) is 0. The molecule has 2 N–H and O–H groups in total. The number of nitrogens with one attached hydrogen (secondary N) is 2. The number of hydrogen-bond donors (Lipinski definition) is 2. The summed E-state index contributed by atoms with van der Waals surface area (Å²) in [5.74, 6) is -0.965. The molecule has 5 heteroatoms. The third kappa shape index (κ3) is 15.1. The molecule has 0 radical (unpaired) electrons. The highest BCUT2D eigenvalue weighted by Crippen LogP contribution is 2.01. The van der Waals surface area contributed by atoms with Crippen LogP contribution in [0, 0.1) is 11.3 Å². The zero-order valence-electron chi connectivity index (χ0n) is 17.3. The van der Waals surface area contributed by atoms with Crippen LogP contribution >= 0.6 is 0 Å². The summed E-state index contributed by atoms with van der Waals surface area (Å²) in [6, 6.07) is 0. The molecule has 0 aliphatic heterocycles. The molecule has 0 saturated heterocycles. The quantitative estimate of drug-likeness (QED) is 0.324. The smallest absolute Gasteiger partial charge is 0.313 e. The fourth-order valence-corrected chi connectivity index (χ4v) is 1.57. The summed E-state index contributed by atoms with van der Waals surface area (Å²) in [5, 5.41) is 9.73. The molecular formula is C20H37N3O2. The molecule has 0 aromatic rings. The van der Waals surface area contributed by atoms with Crippen LogP contribution in [0.1, 0.15) is 55.4 Å². The molecule has 0 aromatic carbocycles. The number of nitrogens with zero attached hydrogens (tertiary/aromatic N) is 1. The standard InChI is InChI=1S/C15H25N3O2.C3H6.C2H6/c1-6-12(5)8-13(9-16)17-14(19)15(20)18(7-2)10-11(3)4;1-3-2;1-2/h6,8-9,11,16H,7,10H2,1-5H3,(H,17,19);3H,1H2,2H3;1-2H3/b12-6+,13-8+,16-9?;;. The number of amides is 2. The minimum atomic E-state index is -0.703. The van der Waals surface area contributed by atoms with Crippen LogP contribution in [-0.4, -0.2) is 36.0 Å². The van der Waals surface area contributed by atoms with E-state index in [4.69, 9.17) is 5.41 Å². The van der Waals surface area contributed by atoms with Crippen molar-refractivity contribution in [1.29, 1.82) is 5.41 Å². The lowest BCUT2D eigenvalue weighted by molar-refractivity contribution is -0.145. The van der Waals surface area contributed by atoms with Crippen molar-refractivity contribution in [1.82, 2.24) is 10.2 Å². The molecule has 0 aliphatic rings. The van der Waals surface area contributed by atoms with E-state index < -0.39 is 11.8 Å². The van der Waals surface area contributed by atoms with Gasteiger partial charge in [-0.25, -0.2) is 0 Å². The molecule has 0 aliphatic carbocycles. The van der Waals surface area contributed by atoms with Gasteiger partial charge in [0.05, 0.1) is 5.70 Å². The average molecular weight is 352 g/mol. The minimum Gasteiger partial charge on any atom is -0.334 e. The summed E-state index contributed by atoms with van der Waals surface area (Å²) in [5.41, 5.74) is 1.21. The Morgan fingerprint density at radius 1 is 1.24 bits per heavy atom. The van der Waals surface area contributed by atoms with Crippen molar-refractivity contribution in [3.63, 3.8) is 0 Å². The van der Waals surface area contributed by atoms with E-state index in [0.29, 0.717) is 24.7 Å². The maximum atomic E-state index is 12.0. The molecule has 0 saturated carbocycles. The summed E-state index contributed by atoms with van der Waals surface area (Å²) in [4.78, 5) is 25.4. The molecule has 0 fully saturated rings. The van der Waals surface area contributed by atoms with Gasteiger partial charge in [-0.15, -0.1) is 6.58 Å². The van der Waals surface area contributed by atoms with Crippen molar-refractivity contribution in [3.05, 3.63) is 36.1 Å². The summed E-state index contributed by atoms with van der Waals surface area (Å²) >= 11 is 0. The van der Waals surface area contributed by atoms with Gasteiger partial charge in [-0.3, -0.25) is 9.59 Å². The Morgan fingerprint density at radius 2 is 1.72 bits per heavy atom. The third-order valence-electron chi connectivity index (χ3n) is 2.70. The van der Waals surface area contributed by atoms with Gasteiger partial charge in [0.15, 0.2) is 0 Å². The normalized spacial score (nSPS) is 10.6. The fraction of sp³-hybridized carbons (Fsp3) is 0.550. The van der Waals surface area contributed by atoms with Gasteiger partial charge in [0, 0.05) is 19.3 Å². The first kappa shape index (κ1) is 27.7. The van der Waals surface area contributed by atoms with Gasteiger partial charge < -0.3 is 15.6 Å². The molecular weight excluding hydrogens is 314 g/mol. The molecule has 25 heavy (non-hydrogen) atoms. The molecule has 0 aromatic heterocycles. The minimum absolute atomic E-state index is 0.301. The number of rotatable bonds is 6.